The van der Waals surface area contributed by atoms with Gasteiger partial charge in [0.15, 0.2) is 0 Å². The summed E-state index contributed by atoms with van der Waals surface area (Å²) >= 11 is 0. The van der Waals surface area contributed by atoms with Gasteiger partial charge < -0.3 is 15.8 Å². The molecule has 1 aromatic rings. The highest BCUT2D eigenvalue weighted by Crippen LogP contribution is 2.15. The summed E-state index contributed by atoms with van der Waals surface area (Å²) in [5.41, 5.74) is 7.92. The molecule has 1 aromatic heterocycles. The number of methoxy groups -OCH3 is 1. The number of ether oxygens (including phenoxy) is 1. The molecule has 1 heterocycles. The summed E-state index contributed by atoms with van der Waals surface area (Å²) in [6, 6.07) is 1.97. The van der Waals surface area contributed by atoms with Crippen molar-refractivity contribution in [1.82, 2.24) is 4.98 Å². The molecule has 0 saturated carbocycles. The molecule has 3 N–H and O–H groups in total. The van der Waals surface area contributed by atoms with Crippen LogP contribution in [0.4, 0.5) is 5.82 Å². The van der Waals surface area contributed by atoms with Crippen LogP contribution in [0.15, 0.2) is 12.3 Å². The Morgan fingerprint density at radius 2 is 2.33 bits per heavy atom. The maximum absolute atomic E-state index is 5.68. The Bertz CT molecular complexity index is 315. The molecule has 0 aliphatic carbocycles. The molecule has 0 saturated heterocycles. The van der Waals surface area contributed by atoms with Gasteiger partial charge in [-0.2, -0.15) is 0 Å². The Morgan fingerprint density at radius 1 is 1.60 bits per heavy atom. The predicted octanol–water partition coefficient (Wildman–Crippen LogP) is 1.30. The van der Waals surface area contributed by atoms with Crippen molar-refractivity contribution in [1.29, 1.82) is 0 Å². The minimum Gasteiger partial charge on any atom is -0.380 e. The molecule has 1 rings (SSSR count). The van der Waals surface area contributed by atoms with Gasteiger partial charge in [0.2, 0.25) is 0 Å². The van der Waals surface area contributed by atoms with Gasteiger partial charge in [-0.15, -0.1) is 0 Å². The van der Waals surface area contributed by atoms with Gasteiger partial charge in [0.1, 0.15) is 5.82 Å². The zero-order chi connectivity index (χ0) is 11.3. The third kappa shape index (κ3) is 3.18. The van der Waals surface area contributed by atoms with E-state index < -0.39 is 0 Å². The second-order valence-corrected chi connectivity index (χ2v) is 3.59. The highest BCUT2D eigenvalue weighted by molar-refractivity contribution is 5.47. The Kier molecular flexibility index (Phi) is 4.52. The first-order valence-corrected chi connectivity index (χ1v) is 5.10. The van der Waals surface area contributed by atoms with Crippen LogP contribution < -0.4 is 11.1 Å². The first-order valence-electron chi connectivity index (χ1n) is 5.10. The Morgan fingerprint density at radius 3 is 2.93 bits per heavy atom. The smallest absolute Gasteiger partial charge is 0.130 e. The van der Waals surface area contributed by atoms with Gasteiger partial charge in [0.25, 0.3) is 0 Å². The maximum Gasteiger partial charge on any atom is 0.130 e. The van der Waals surface area contributed by atoms with Crippen LogP contribution in [0.3, 0.4) is 0 Å². The van der Waals surface area contributed by atoms with E-state index in [0.29, 0.717) is 6.54 Å². The number of nitrogens with two attached hydrogens (primary N) is 1. The molecule has 0 fully saturated rings. The van der Waals surface area contributed by atoms with E-state index in [2.05, 4.69) is 10.3 Å². The lowest BCUT2D eigenvalue weighted by atomic mass is 10.1. The number of aryl methyl sites for hydroxylation is 1. The average Bonchev–Trinajstić information content (AvgIpc) is 2.25. The fourth-order valence-corrected chi connectivity index (χ4v) is 1.32. The molecule has 84 valence electrons. The monoisotopic (exact) mass is 209 g/mol. The van der Waals surface area contributed by atoms with E-state index >= 15 is 0 Å². The second kappa shape index (κ2) is 5.68. The van der Waals surface area contributed by atoms with Crippen molar-refractivity contribution in [2.45, 2.75) is 26.5 Å². The molecular formula is C11H19N3O. The lowest BCUT2D eigenvalue weighted by Crippen LogP contribution is -2.20. The average molecular weight is 209 g/mol. The van der Waals surface area contributed by atoms with Crippen molar-refractivity contribution in [2.75, 3.05) is 19.0 Å². The van der Waals surface area contributed by atoms with Crippen molar-refractivity contribution in [2.24, 2.45) is 5.73 Å². The molecular weight excluding hydrogens is 190 g/mol. The maximum atomic E-state index is 5.68. The van der Waals surface area contributed by atoms with Crippen LogP contribution in [0.5, 0.6) is 0 Å². The van der Waals surface area contributed by atoms with E-state index in [9.17, 15) is 0 Å². The fourth-order valence-electron chi connectivity index (χ4n) is 1.32. The number of anilines is 1. The summed E-state index contributed by atoms with van der Waals surface area (Å²) in [6.45, 7) is 5.28. The predicted molar refractivity (Wildman–Crippen MR) is 61.8 cm³/mol. The molecule has 15 heavy (non-hydrogen) atoms. The fraction of sp³-hybridized carbons (Fsp3) is 0.545. The highest BCUT2D eigenvalue weighted by atomic mass is 16.5. The van der Waals surface area contributed by atoms with Gasteiger partial charge in [-0.3, -0.25) is 0 Å². The summed E-state index contributed by atoms with van der Waals surface area (Å²) in [5, 5.41) is 3.24. The van der Waals surface area contributed by atoms with Crippen molar-refractivity contribution >= 4 is 5.82 Å². The lowest BCUT2D eigenvalue weighted by molar-refractivity contribution is 0.128. The van der Waals surface area contributed by atoms with Gasteiger partial charge in [-0.25, -0.2) is 4.98 Å². The van der Waals surface area contributed by atoms with Gasteiger partial charge in [-0.05, 0) is 25.5 Å². The normalized spacial score (nSPS) is 12.5. The van der Waals surface area contributed by atoms with Crippen molar-refractivity contribution < 1.29 is 4.74 Å². The summed E-state index contributed by atoms with van der Waals surface area (Å²) < 4.78 is 5.15. The van der Waals surface area contributed by atoms with Gasteiger partial charge >= 0.3 is 0 Å². The lowest BCUT2D eigenvalue weighted by Gasteiger charge is -2.14. The summed E-state index contributed by atoms with van der Waals surface area (Å²) in [6.07, 6.45) is 1.95. The van der Waals surface area contributed by atoms with Crippen molar-refractivity contribution in [3.05, 3.63) is 23.4 Å². The van der Waals surface area contributed by atoms with Crippen LogP contribution in [0.2, 0.25) is 0 Å². The number of hydrogen-bond donors (Lipinski definition) is 2. The van der Waals surface area contributed by atoms with E-state index in [1.54, 1.807) is 13.3 Å². The zero-order valence-electron chi connectivity index (χ0n) is 9.58. The van der Waals surface area contributed by atoms with Crippen LogP contribution >= 0.6 is 0 Å². The largest absolute Gasteiger partial charge is 0.380 e. The number of pyridine rings is 1. The number of nitrogens with one attached hydrogen (secondary N) is 1. The number of hydrogen-bond acceptors (Lipinski definition) is 4. The van der Waals surface area contributed by atoms with Crippen LogP contribution in [0.1, 0.15) is 18.1 Å². The third-order valence-corrected chi connectivity index (χ3v) is 2.45. The highest BCUT2D eigenvalue weighted by Gasteiger charge is 2.06. The van der Waals surface area contributed by atoms with Gasteiger partial charge in [0, 0.05) is 32.0 Å². The Balaban J connectivity index is 2.72. The standard InChI is InChI=1S/C11H19N3O/c1-8-4-5-13-11(10(8)6-12)14-7-9(2)15-3/h4-5,9H,6-7,12H2,1-3H3,(H,13,14). The van der Waals surface area contributed by atoms with Crippen LogP contribution in [0.25, 0.3) is 0 Å². The molecule has 0 aliphatic rings. The molecule has 0 amide bonds. The first-order chi connectivity index (χ1) is 7.19. The van der Waals surface area contributed by atoms with Crippen LogP contribution in [-0.4, -0.2) is 24.7 Å². The molecule has 0 aromatic carbocycles. The summed E-state index contributed by atoms with van der Waals surface area (Å²) in [5.74, 6) is 0.862. The van der Waals surface area contributed by atoms with Crippen molar-refractivity contribution in [3.8, 4) is 0 Å². The molecule has 0 radical (unpaired) electrons. The first kappa shape index (κ1) is 11.9. The minimum atomic E-state index is 0.165. The Labute approximate surface area is 90.8 Å². The van der Waals surface area contributed by atoms with E-state index in [4.69, 9.17) is 10.5 Å². The number of aromatic nitrogens is 1. The van der Waals surface area contributed by atoms with E-state index in [1.807, 2.05) is 19.9 Å². The topological polar surface area (TPSA) is 60.2 Å². The van der Waals surface area contributed by atoms with Gasteiger partial charge in [0.05, 0.1) is 6.10 Å². The zero-order valence-corrected chi connectivity index (χ0v) is 9.58. The Hall–Kier alpha value is -1.13. The van der Waals surface area contributed by atoms with E-state index in [-0.39, 0.29) is 6.10 Å². The van der Waals surface area contributed by atoms with Crippen LogP contribution in [-0.2, 0) is 11.3 Å². The number of nitrogens with zero attached hydrogens (tertiary/aromatic N) is 1. The minimum absolute atomic E-state index is 0.165. The molecule has 0 spiro atoms. The third-order valence-electron chi connectivity index (χ3n) is 2.45. The van der Waals surface area contributed by atoms with Crippen LogP contribution in [0, 0.1) is 6.92 Å². The molecule has 4 nitrogen and oxygen atoms in total. The SMILES string of the molecule is COC(C)CNc1nccc(C)c1CN. The quantitative estimate of drug-likeness (QED) is 0.767. The molecule has 4 heteroatoms. The molecule has 1 unspecified atom stereocenters. The van der Waals surface area contributed by atoms with E-state index in [1.165, 1.54) is 5.56 Å². The van der Waals surface area contributed by atoms with Crippen molar-refractivity contribution in [3.63, 3.8) is 0 Å². The van der Waals surface area contributed by atoms with Gasteiger partial charge in [-0.1, -0.05) is 0 Å². The second-order valence-electron chi connectivity index (χ2n) is 3.59. The summed E-state index contributed by atoms with van der Waals surface area (Å²) in [4.78, 5) is 4.27. The molecule has 1 atom stereocenters. The molecule has 0 bridgehead atoms. The number of rotatable bonds is 5. The summed E-state index contributed by atoms with van der Waals surface area (Å²) in [7, 11) is 1.69. The van der Waals surface area contributed by atoms with E-state index in [0.717, 1.165) is 17.9 Å². The molecule has 0 aliphatic heterocycles.